The Morgan fingerprint density at radius 1 is 1.18 bits per heavy atom. The molecule has 2 heterocycles. The van der Waals surface area contributed by atoms with Gasteiger partial charge in [0, 0.05) is 13.1 Å². The lowest BCUT2D eigenvalue weighted by Crippen LogP contribution is -2.23. The van der Waals surface area contributed by atoms with E-state index in [2.05, 4.69) is 28.9 Å². The van der Waals surface area contributed by atoms with Crippen molar-refractivity contribution >= 4 is 38.7 Å². The molecule has 0 aliphatic rings. The lowest BCUT2D eigenvalue weighted by molar-refractivity contribution is 0.826. The van der Waals surface area contributed by atoms with E-state index in [9.17, 15) is 0 Å². The van der Waals surface area contributed by atoms with Gasteiger partial charge < -0.3 is 4.90 Å². The molecule has 0 atom stereocenters. The van der Waals surface area contributed by atoms with Crippen molar-refractivity contribution in [1.82, 2.24) is 10.2 Å². The Hall–Kier alpha value is -0.850. The zero-order chi connectivity index (χ0) is 12.3. The molecular formula is C11H13N3S3. The van der Waals surface area contributed by atoms with E-state index in [1.54, 1.807) is 20.7 Å². The SMILES string of the molecule is CCN(CC)c1ccc(-c2cc(=S)ss2)nn1. The van der Waals surface area contributed by atoms with Crippen molar-refractivity contribution in [3.05, 3.63) is 22.0 Å². The predicted molar refractivity (Wildman–Crippen MR) is 77.6 cm³/mol. The second kappa shape index (κ2) is 5.66. The molecule has 0 saturated carbocycles. The Morgan fingerprint density at radius 2 is 1.94 bits per heavy atom. The van der Waals surface area contributed by atoms with Gasteiger partial charge >= 0.3 is 0 Å². The minimum atomic E-state index is 0.901. The third kappa shape index (κ3) is 2.88. The summed E-state index contributed by atoms with van der Waals surface area (Å²) in [5.74, 6) is 0.928. The maximum atomic E-state index is 5.11. The normalized spacial score (nSPS) is 10.5. The van der Waals surface area contributed by atoms with E-state index in [0.717, 1.165) is 33.3 Å². The van der Waals surface area contributed by atoms with Crippen LogP contribution >= 0.6 is 32.9 Å². The zero-order valence-electron chi connectivity index (χ0n) is 9.71. The van der Waals surface area contributed by atoms with Crippen LogP contribution in [0.15, 0.2) is 18.2 Å². The first kappa shape index (κ1) is 12.6. The molecule has 0 bridgehead atoms. The summed E-state index contributed by atoms with van der Waals surface area (Å²) in [6.45, 7) is 6.12. The van der Waals surface area contributed by atoms with Crippen LogP contribution in [0.5, 0.6) is 0 Å². The van der Waals surface area contributed by atoms with Crippen LogP contribution in [-0.2, 0) is 0 Å². The van der Waals surface area contributed by atoms with Crippen molar-refractivity contribution < 1.29 is 0 Å². The lowest BCUT2D eigenvalue weighted by Gasteiger charge is -2.18. The first-order valence-electron chi connectivity index (χ1n) is 5.43. The Bertz CT molecular complexity index is 525. The fraction of sp³-hybridized carbons (Fsp3) is 0.364. The van der Waals surface area contributed by atoms with Crippen LogP contribution in [0.1, 0.15) is 13.8 Å². The summed E-state index contributed by atoms with van der Waals surface area (Å²) >= 11 is 5.11. The molecule has 90 valence electrons. The van der Waals surface area contributed by atoms with Gasteiger partial charge in [0.2, 0.25) is 0 Å². The molecule has 2 rings (SSSR count). The van der Waals surface area contributed by atoms with Gasteiger partial charge in [-0.2, -0.15) is 0 Å². The molecule has 0 unspecified atom stereocenters. The average Bonchev–Trinajstić information content (AvgIpc) is 2.78. The summed E-state index contributed by atoms with van der Waals surface area (Å²) in [6.07, 6.45) is 0. The van der Waals surface area contributed by atoms with Gasteiger partial charge in [-0.25, -0.2) is 0 Å². The van der Waals surface area contributed by atoms with Crippen LogP contribution in [-0.4, -0.2) is 23.3 Å². The molecule has 0 radical (unpaired) electrons. The van der Waals surface area contributed by atoms with E-state index in [1.807, 2.05) is 18.2 Å². The summed E-state index contributed by atoms with van der Waals surface area (Å²) in [4.78, 5) is 3.27. The average molecular weight is 283 g/mol. The van der Waals surface area contributed by atoms with Crippen LogP contribution in [0.2, 0.25) is 0 Å². The molecule has 0 fully saturated rings. The molecule has 2 aromatic heterocycles. The lowest BCUT2D eigenvalue weighted by atomic mass is 10.3. The fourth-order valence-corrected chi connectivity index (χ4v) is 3.86. The second-order valence-corrected chi connectivity index (χ2v) is 6.35. The highest BCUT2D eigenvalue weighted by Gasteiger charge is 2.06. The largest absolute Gasteiger partial charge is 0.356 e. The zero-order valence-corrected chi connectivity index (χ0v) is 12.2. The summed E-state index contributed by atoms with van der Waals surface area (Å²) in [5.41, 5.74) is 0.901. The number of anilines is 1. The minimum Gasteiger partial charge on any atom is -0.356 e. The monoisotopic (exact) mass is 283 g/mol. The summed E-state index contributed by atoms with van der Waals surface area (Å²) in [5, 5.41) is 8.52. The summed E-state index contributed by atoms with van der Waals surface area (Å²) in [7, 11) is 3.25. The van der Waals surface area contributed by atoms with Gasteiger partial charge in [0.1, 0.15) is 9.52 Å². The van der Waals surface area contributed by atoms with Crippen LogP contribution < -0.4 is 4.90 Å². The molecule has 0 aliphatic heterocycles. The van der Waals surface area contributed by atoms with Gasteiger partial charge in [-0.05, 0) is 32.0 Å². The van der Waals surface area contributed by atoms with Gasteiger partial charge in [-0.15, -0.1) is 10.2 Å². The van der Waals surface area contributed by atoms with Gasteiger partial charge in [0.15, 0.2) is 5.82 Å². The van der Waals surface area contributed by atoms with E-state index in [-0.39, 0.29) is 0 Å². The topological polar surface area (TPSA) is 29.0 Å². The first-order valence-corrected chi connectivity index (χ1v) is 7.99. The Morgan fingerprint density at radius 3 is 2.41 bits per heavy atom. The predicted octanol–water partition coefficient (Wildman–Crippen LogP) is 3.84. The highest BCUT2D eigenvalue weighted by molar-refractivity contribution is 7.80. The molecule has 0 aromatic carbocycles. The van der Waals surface area contributed by atoms with Crippen molar-refractivity contribution in [2.75, 3.05) is 18.0 Å². The number of hydrogen-bond acceptors (Lipinski definition) is 6. The standard InChI is InChI=1S/C11H13N3S3/c1-3-14(4-2)10-6-5-8(12-13-10)9-7-11(15)17-16-9/h5-7H,3-4H2,1-2H3. The van der Waals surface area contributed by atoms with Crippen LogP contribution in [0.3, 0.4) is 0 Å². The maximum absolute atomic E-state index is 5.11. The molecule has 17 heavy (non-hydrogen) atoms. The smallest absolute Gasteiger partial charge is 0.151 e. The van der Waals surface area contributed by atoms with Gasteiger partial charge in [-0.3, -0.25) is 0 Å². The quantitative estimate of drug-likeness (QED) is 0.629. The van der Waals surface area contributed by atoms with Gasteiger partial charge in [0.25, 0.3) is 0 Å². The molecule has 6 heteroatoms. The summed E-state index contributed by atoms with van der Waals surface area (Å²) < 4.78 is 0.902. The van der Waals surface area contributed by atoms with Gasteiger partial charge in [0.05, 0.1) is 4.88 Å². The Kier molecular flexibility index (Phi) is 4.20. The number of aromatic nitrogens is 2. The van der Waals surface area contributed by atoms with Crippen molar-refractivity contribution in [1.29, 1.82) is 0 Å². The van der Waals surface area contributed by atoms with Crippen molar-refractivity contribution in [3.63, 3.8) is 0 Å². The Balaban J connectivity index is 2.26. The third-order valence-corrected chi connectivity index (χ3v) is 5.34. The highest BCUT2D eigenvalue weighted by atomic mass is 32.9. The van der Waals surface area contributed by atoms with E-state index < -0.39 is 0 Å². The molecule has 0 spiro atoms. The van der Waals surface area contributed by atoms with Crippen LogP contribution in [0.4, 0.5) is 5.82 Å². The molecule has 2 aromatic rings. The fourth-order valence-electron chi connectivity index (χ4n) is 1.53. The molecule has 0 aliphatic carbocycles. The van der Waals surface area contributed by atoms with Gasteiger partial charge in [-0.1, -0.05) is 32.9 Å². The van der Waals surface area contributed by atoms with E-state index in [4.69, 9.17) is 12.2 Å². The molecule has 0 N–H and O–H groups in total. The molecule has 3 nitrogen and oxygen atoms in total. The first-order chi connectivity index (χ1) is 8.24. The maximum Gasteiger partial charge on any atom is 0.151 e. The third-order valence-electron chi connectivity index (χ3n) is 2.45. The van der Waals surface area contributed by atoms with E-state index >= 15 is 0 Å². The summed E-state index contributed by atoms with van der Waals surface area (Å²) in [6, 6.07) is 6.00. The molecular weight excluding hydrogens is 270 g/mol. The second-order valence-electron chi connectivity index (χ2n) is 3.44. The minimum absolute atomic E-state index is 0.901. The molecule has 0 amide bonds. The highest BCUT2D eigenvalue weighted by Crippen LogP contribution is 2.27. The number of hydrogen-bond donors (Lipinski definition) is 0. The number of nitrogens with zero attached hydrogens (tertiary/aromatic N) is 3. The van der Waals surface area contributed by atoms with Crippen molar-refractivity contribution in [3.8, 4) is 10.6 Å². The van der Waals surface area contributed by atoms with E-state index in [0.29, 0.717) is 0 Å². The number of rotatable bonds is 4. The van der Waals surface area contributed by atoms with E-state index in [1.165, 1.54) is 0 Å². The Labute approximate surface area is 113 Å². The van der Waals surface area contributed by atoms with Crippen molar-refractivity contribution in [2.24, 2.45) is 0 Å². The molecule has 0 saturated heterocycles. The van der Waals surface area contributed by atoms with Crippen molar-refractivity contribution in [2.45, 2.75) is 13.8 Å². The van der Waals surface area contributed by atoms with Crippen LogP contribution in [0, 0.1) is 3.82 Å². The van der Waals surface area contributed by atoms with Crippen LogP contribution in [0.25, 0.3) is 10.6 Å².